The van der Waals surface area contributed by atoms with Crippen molar-refractivity contribution in [2.45, 2.75) is 44.8 Å². The van der Waals surface area contributed by atoms with Crippen molar-refractivity contribution in [2.24, 2.45) is 0 Å². The lowest BCUT2D eigenvalue weighted by molar-refractivity contribution is -0.00145. The van der Waals surface area contributed by atoms with Crippen LogP contribution in [0.25, 0.3) is 0 Å². The molecule has 0 radical (unpaired) electrons. The minimum absolute atomic E-state index is 0.156. The molecule has 0 aliphatic heterocycles. The van der Waals surface area contributed by atoms with Crippen LogP contribution in [0.5, 0.6) is 0 Å². The number of nitrogens with zero attached hydrogens (tertiary/aromatic N) is 1. The molecule has 0 aromatic heterocycles. The Morgan fingerprint density at radius 1 is 1.54 bits per heavy atom. The first-order valence-corrected chi connectivity index (χ1v) is 4.78. The molecule has 2 nitrogen and oxygen atoms in total. The molecule has 2 atom stereocenters. The van der Waals surface area contributed by atoms with E-state index in [1.54, 1.807) is 0 Å². The van der Waals surface area contributed by atoms with Gasteiger partial charge in [-0.05, 0) is 33.9 Å². The molecule has 0 aromatic rings. The first-order valence-electron chi connectivity index (χ1n) is 4.78. The van der Waals surface area contributed by atoms with Crippen LogP contribution in [-0.4, -0.2) is 35.7 Å². The number of aliphatic hydroxyl groups excluding tert-OH is 1. The molecule has 0 rings (SSSR count). The maximum atomic E-state index is 9.93. The van der Waals surface area contributed by atoms with Gasteiger partial charge < -0.3 is 10.0 Å². The quantitative estimate of drug-likeness (QED) is 0.653. The summed E-state index contributed by atoms with van der Waals surface area (Å²) < 4.78 is 0. The van der Waals surface area contributed by atoms with Crippen LogP contribution in [0.15, 0.2) is 0 Å². The molecule has 0 spiro atoms. The van der Waals surface area contributed by atoms with Crippen LogP contribution in [0.2, 0.25) is 0 Å². The van der Waals surface area contributed by atoms with Crippen LogP contribution < -0.4 is 0 Å². The van der Waals surface area contributed by atoms with Crippen LogP contribution >= 0.6 is 0 Å². The zero-order chi connectivity index (χ0) is 10.5. The summed E-state index contributed by atoms with van der Waals surface area (Å²) in [6, 6.07) is 0. The average Bonchev–Trinajstić information content (AvgIpc) is 2.12. The molecule has 0 saturated carbocycles. The lowest BCUT2D eigenvalue weighted by atomic mass is 9.87. The number of likely N-dealkylation sites (N-methyl/N-ethyl adjacent to an activating group) is 1. The molecule has 2 unspecified atom stereocenters. The van der Waals surface area contributed by atoms with Crippen molar-refractivity contribution in [1.29, 1.82) is 0 Å². The van der Waals surface area contributed by atoms with Gasteiger partial charge in [-0.3, -0.25) is 0 Å². The maximum absolute atomic E-state index is 9.93. The minimum atomic E-state index is -0.344. The van der Waals surface area contributed by atoms with E-state index in [1.807, 2.05) is 14.1 Å². The Balaban J connectivity index is 4.30. The van der Waals surface area contributed by atoms with E-state index < -0.39 is 0 Å². The molecule has 0 saturated heterocycles. The van der Waals surface area contributed by atoms with Crippen LogP contribution in [0.1, 0.15) is 33.1 Å². The van der Waals surface area contributed by atoms with Gasteiger partial charge in [0, 0.05) is 12.0 Å². The molecule has 13 heavy (non-hydrogen) atoms. The molecular weight excluding hydrogens is 162 g/mol. The highest BCUT2D eigenvalue weighted by molar-refractivity contribution is 4.93. The molecule has 0 bridgehead atoms. The van der Waals surface area contributed by atoms with Gasteiger partial charge in [0.05, 0.1) is 6.10 Å². The van der Waals surface area contributed by atoms with E-state index in [9.17, 15) is 5.11 Å². The van der Waals surface area contributed by atoms with Gasteiger partial charge in [-0.25, -0.2) is 0 Å². The highest BCUT2D eigenvalue weighted by atomic mass is 16.3. The van der Waals surface area contributed by atoms with Gasteiger partial charge in [0.25, 0.3) is 0 Å². The molecular formula is C11H21NO. The molecule has 76 valence electrons. The SMILES string of the molecule is C#CCCC(O)C(C)(CC)N(C)C. The summed E-state index contributed by atoms with van der Waals surface area (Å²) in [6.45, 7) is 4.15. The van der Waals surface area contributed by atoms with E-state index in [-0.39, 0.29) is 11.6 Å². The third-order valence-corrected chi connectivity index (χ3v) is 3.02. The monoisotopic (exact) mass is 183 g/mol. The maximum Gasteiger partial charge on any atom is 0.0729 e. The Morgan fingerprint density at radius 2 is 2.08 bits per heavy atom. The highest BCUT2D eigenvalue weighted by Gasteiger charge is 2.32. The Kier molecular flexibility index (Phi) is 5.05. The van der Waals surface area contributed by atoms with Crippen molar-refractivity contribution in [1.82, 2.24) is 4.90 Å². The zero-order valence-electron chi connectivity index (χ0n) is 9.17. The van der Waals surface area contributed by atoms with Crippen LogP contribution in [0.4, 0.5) is 0 Å². The molecule has 0 aliphatic rings. The van der Waals surface area contributed by atoms with Crippen molar-refractivity contribution in [2.75, 3.05) is 14.1 Å². The fourth-order valence-corrected chi connectivity index (χ4v) is 1.38. The fraction of sp³-hybridized carbons (Fsp3) is 0.818. The smallest absolute Gasteiger partial charge is 0.0729 e. The standard InChI is InChI=1S/C11H21NO/c1-6-8-9-10(13)11(3,7-2)12(4)5/h1,10,13H,7-9H2,2-5H3. The first-order chi connectivity index (χ1) is 5.99. The Morgan fingerprint density at radius 3 is 2.38 bits per heavy atom. The largest absolute Gasteiger partial charge is 0.391 e. The van der Waals surface area contributed by atoms with Crippen LogP contribution in [0, 0.1) is 12.3 Å². The molecule has 0 aromatic carbocycles. The van der Waals surface area contributed by atoms with Gasteiger partial charge in [0.15, 0.2) is 0 Å². The summed E-state index contributed by atoms with van der Waals surface area (Å²) in [5.41, 5.74) is -0.156. The van der Waals surface area contributed by atoms with E-state index >= 15 is 0 Å². The normalized spacial score (nSPS) is 17.9. The minimum Gasteiger partial charge on any atom is -0.391 e. The molecule has 0 heterocycles. The Bertz CT molecular complexity index is 183. The molecule has 1 N–H and O–H groups in total. The number of rotatable bonds is 5. The number of hydrogen-bond donors (Lipinski definition) is 1. The van der Waals surface area contributed by atoms with Crippen LogP contribution in [-0.2, 0) is 0 Å². The van der Waals surface area contributed by atoms with E-state index in [0.717, 1.165) is 6.42 Å². The third-order valence-electron chi connectivity index (χ3n) is 3.02. The van der Waals surface area contributed by atoms with Crippen molar-refractivity contribution in [3.05, 3.63) is 0 Å². The third kappa shape index (κ3) is 3.02. The molecule has 0 aliphatic carbocycles. The number of hydrogen-bond acceptors (Lipinski definition) is 2. The molecule has 2 heteroatoms. The summed E-state index contributed by atoms with van der Waals surface area (Å²) >= 11 is 0. The highest BCUT2D eigenvalue weighted by Crippen LogP contribution is 2.23. The van der Waals surface area contributed by atoms with Gasteiger partial charge in [0.1, 0.15) is 0 Å². The fourth-order valence-electron chi connectivity index (χ4n) is 1.38. The van der Waals surface area contributed by atoms with Gasteiger partial charge in [-0.2, -0.15) is 0 Å². The number of aliphatic hydroxyl groups is 1. The van der Waals surface area contributed by atoms with E-state index in [0.29, 0.717) is 12.8 Å². The van der Waals surface area contributed by atoms with Gasteiger partial charge >= 0.3 is 0 Å². The summed E-state index contributed by atoms with van der Waals surface area (Å²) in [4.78, 5) is 2.06. The van der Waals surface area contributed by atoms with Crippen LogP contribution in [0.3, 0.4) is 0 Å². The number of terminal acetylenes is 1. The van der Waals surface area contributed by atoms with Crippen molar-refractivity contribution >= 4 is 0 Å². The summed E-state index contributed by atoms with van der Waals surface area (Å²) in [5, 5.41) is 9.93. The van der Waals surface area contributed by atoms with E-state index in [2.05, 4.69) is 24.7 Å². The lowest BCUT2D eigenvalue weighted by Crippen LogP contribution is -2.50. The van der Waals surface area contributed by atoms with Crippen molar-refractivity contribution < 1.29 is 5.11 Å². The Hall–Kier alpha value is -0.520. The van der Waals surface area contributed by atoms with Crippen molar-refractivity contribution in [3.63, 3.8) is 0 Å². The van der Waals surface area contributed by atoms with Gasteiger partial charge in [-0.1, -0.05) is 6.92 Å². The van der Waals surface area contributed by atoms with E-state index in [1.165, 1.54) is 0 Å². The predicted molar refractivity (Wildman–Crippen MR) is 56.5 cm³/mol. The summed E-state index contributed by atoms with van der Waals surface area (Å²) in [7, 11) is 3.98. The second kappa shape index (κ2) is 5.26. The first kappa shape index (κ1) is 12.5. The predicted octanol–water partition coefficient (Wildman–Crippen LogP) is 1.49. The second-order valence-electron chi connectivity index (χ2n) is 3.86. The van der Waals surface area contributed by atoms with Gasteiger partial charge in [-0.15, -0.1) is 12.3 Å². The summed E-state index contributed by atoms with van der Waals surface area (Å²) in [5.74, 6) is 2.56. The molecule has 0 amide bonds. The summed E-state index contributed by atoms with van der Waals surface area (Å²) in [6.07, 6.45) is 7.06. The lowest BCUT2D eigenvalue weighted by Gasteiger charge is -2.39. The Labute approximate surface area is 81.9 Å². The van der Waals surface area contributed by atoms with Crippen molar-refractivity contribution in [3.8, 4) is 12.3 Å². The van der Waals surface area contributed by atoms with E-state index in [4.69, 9.17) is 6.42 Å². The zero-order valence-corrected chi connectivity index (χ0v) is 9.17. The second-order valence-corrected chi connectivity index (χ2v) is 3.86. The average molecular weight is 183 g/mol. The van der Waals surface area contributed by atoms with Gasteiger partial charge in [0.2, 0.25) is 0 Å². The molecule has 0 fully saturated rings. The topological polar surface area (TPSA) is 23.5 Å².